The molecule has 0 radical (unpaired) electrons. The maximum Gasteiger partial charge on any atom is 0.261 e. The third kappa shape index (κ3) is 3.17. The smallest absolute Gasteiger partial charge is 0.261 e. The molecule has 0 spiro atoms. The lowest BCUT2D eigenvalue weighted by Gasteiger charge is -2.20. The van der Waals surface area contributed by atoms with Crippen molar-refractivity contribution in [3.05, 3.63) is 72.1 Å². The Morgan fingerprint density at radius 3 is 2.52 bits per heavy atom. The Balaban J connectivity index is 1.62. The molecule has 0 bridgehead atoms. The van der Waals surface area contributed by atoms with E-state index in [1.54, 1.807) is 35.1 Å². The second-order valence-corrected chi connectivity index (χ2v) is 7.88. The molecule has 6 heteroatoms. The maximum absolute atomic E-state index is 12.8. The molecule has 5 nitrogen and oxygen atoms in total. The number of sulfonamides is 1. The fourth-order valence-electron chi connectivity index (χ4n) is 3.28. The van der Waals surface area contributed by atoms with Crippen molar-refractivity contribution in [3.63, 3.8) is 0 Å². The Kier molecular flexibility index (Phi) is 4.05. The van der Waals surface area contributed by atoms with Gasteiger partial charge in [0.25, 0.3) is 10.0 Å². The molecular weight excluding hydrogens is 334 g/mol. The van der Waals surface area contributed by atoms with Gasteiger partial charge in [0.1, 0.15) is 0 Å². The van der Waals surface area contributed by atoms with Gasteiger partial charge in [-0.05, 0) is 73.2 Å². The minimum atomic E-state index is -3.61. The van der Waals surface area contributed by atoms with Crippen LogP contribution in [0.25, 0.3) is 5.69 Å². The Bertz CT molecular complexity index is 978. The SMILES string of the molecule is O=S(=O)(Nc1cccc2c1CCCC2)c1ccc(-n2cccn2)cc1. The van der Waals surface area contributed by atoms with Crippen LogP contribution in [0.1, 0.15) is 24.0 Å². The van der Waals surface area contributed by atoms with E-state index in [2.05, 4.69) is 15.9 Å². The molecule has 0 aliphatic heterocycles. The van der Waals surface area contributed by atoms with Gasteiger partial charge in [-0.1, -0.05) is 12.1 Å². The van der Waals surface area contributed by atoms with E-state index in [4.69, 9.17) is 0 Å². The number of aromatic nitrogens is 2. The van der Waals surface area contributed by atoms with Crippen molar-refractivity contribution < 1.29 is 8.42 Å². The molecule has 0 saturated heterocycles. The summed E-state index contributed by atoms with van der Waals surface area (Å²) in [6, 6.07) is 14.4. The number of nitrogens with zero attached hydrogens (tertiary/aromatic N) is 2. The molecular formula is C19H19N3O2S. The van der Waals surface area contributed by atoms with Crippen molar-refractivity contribution in [2.75, 3.05) is 4.72 Å². The predicted octanol–water partition coefficient (Wildman–Crippen LogP) is 3.55. The zero-order valence-electron chi connectivity index (χ0n) is 13.7. The Morgan fingerprint density at radius 1 is 0.960 bits per heavy atom. The summed E-state index contributed by atoms with van der Waals surface area (Å²) < 4.78 is 30.0. The van der Waals surface area contributed by atoms with E-state index in [0.717, 1.165) is 36.9 Å². The normalized spacial score (nSPS) is 14.1. The van der Waals surface area contributed by atoms with E-state index in [1.807, 2.05) is 24.4 Å². The lowest BCUT2D eigenvalue weighted by molar-refractivity contribution is 0.601. The average Bonchev–Trinajstić information content (AvgIpc) is 3.17. The van der Waals surface area contributed by atoms with Crippen LogP contribution in [0.15, 0.2) is 65.8 Å². The highest BCUT2D eigenvalue weighted by atomic mass is 32.2. The summed E-state index contributed by atoms with van der Waals surface area (Å²) >= 11 is 0. The van der Waals surface area contributed by atoms with Gasteiger partial charge in [0.05, 0.1) is 16.3 Å². The predicted molar refractivity (Wildman–Crippen MR) is 97.5 cm³/mol. The van der Waals surface area contributed by atoms with E-state index >= 15 is 0 Å². The third-order valence-electron chi connectivity index (χ3n) is 4.56. The van der Waals surface area contributed by atoms with Gasteiger partial charge in [0.2, 0.25) is 0 Å². The first kappa shape index (κ1) is 15.9. The number of rotatable bonds is 4. The molecule has 0 unspecified atom stereocenters. The first-order valence-corrected chi connectivity index (χ1v) is 9.85. The molecule has 0 saturated carbocycles. The monoisotopic (exact) mass is 353 g/mol. The molecule has 2 aromatic carbocycles. The second-order valence-electron chi connectivity index (χ2n) is 6.20. The van der Waals surface area contributed by atoms with Crippen molar-refractivity contribution in [1.82, 2.24) is 9.78 Å². The molecule has 0 fully saturated rings. The fraction of sp³-hybridized carbons (Fsp3) is 0.211. The number of nitrogens with one attached hydrogen (secondary N) is 1. The first-order chi connectivity index (χ1) is 12.1. The van der Waals surface area contributed by atoms with Crippen molar-refractivity contribution in [2.45, 2.75) is 30.6 Å². The zero-order valence-corrected chi connectivity index (χ0v) is 14.5. The van der Waals surface area contributed by atoms with Gasteiger partial charge in [-0.2, -0.15) is 5.10 Å². The van der Waals surface area contributed by atoms with Gasteiger partial charge < -0.3 is 0 Å². The van der Waals surface area contributed by atoms with Crippen LogP contribution in [0.2, 0.25) is 0 Å². The van der Waals surface area contributed by atoms with Crippen LogP contribution in [-0.2, 0) is 22.9 Å². The molecule has 0 atom stereocenters. The average molecular weight is 353 g/mol. The molecule has 0 amide bonds. The van der Waals surface area contributed by atoms with Crippen LogP contribution in [0.3, 0.4) is 0 Å². The van der Waals surface area contributed by atoms with Gasteiger partial charge in [-0.3, -0.25) is 4.72 Å². The van der Waals surface area contributed by atoms with Gasteiger partial charge in [-0.15, -0.1) is 0 Å². The van der Waals surface area contributed by atoms with Gasteiger partial charge in [0, 0.05) is 12.4 Å². The Morgan fingerprint density at radius 2 is 1.76 bits per heavy atom. The van der Waals surface area contributed by atoms with E-state index in [9.17, 15) is 8.42 Å². The van der Waals surface area contributed by atoms with Crippen LogP contribution in [0.5, 0.6) is 0 Å². The summed E-state index contributed by atoms with van der Waals surface area (Å²) in [7, 11) is -3.61. The number of benzene rings is 2. The quantitative estimate of drug-likeness (QED) is 0.780. The second kappa shape index (κ2) is 6.37. The van der Waals surface area contributed by atoms with Crippen molar-refractivity contribution in [3.8, 4) is 5.69 Å². The molecule has 1 aliphatic rings. The Labute approximate surface area is 147 Å². The minimum Gasteiger partial charge on any atom is -0.279 e. The summed E-state index contributed by atoms with van der Waals surface area (Å²) in [5, 5.41) is 4.15. The van der Waals surface area contributed by atoms with Crippen LogP contribution in [-0.4, -0.2) is 18.2 Å². The highest BCUT2D eigenvalue weighted by Gasteiger charge is 2.19. The van der Waals surface area contributed by atoms with Gasteiger partial charge in [-0.25, -0.2) is 13.1 Å². The molecule has 1 aliphatic carbocycles. The van der Waals surface area contributed by atoms with E-state index in [-0.39, 0.29) is 4.90 Å². The van der Waals surface area contributed by atoms with Crippen LogP contribution < -0.4 is 4.72 Å². The summed E-state index contributed by atoms with van der Waals surface area (Å²) in [5.41, 5.74) is 3.90. The number of aryl methyl sites for hydroxylation is 1. The van der Waals surface area contributed by atoms with Crippen LogP contribution >= 0.6 is 0 Å². The molecule has 1 N–H and O–H groups in total. The summed E-state index contributed by atoms with van der Waals surface area (Å²) in [6.45, 7) is 0. The number of hydrogen-bond donors (Lipinski definition) is 1. The Hall–Kier alpha value is -2.60. The van der Waals surface area contributed by atoms with Crippen molar-refractivity contribution in [1.29, 1.82) is 0 Å². The number of anilines is 1. The minimum absolute atomic E-state index is 0.247. The zero-order chi connectivity index (χ0) is 17.3. The van der Waals surface area contributed by atoms with Gasteiger partial charge >= 0.3 is 0 Å². The van der Waals surface area contributed by atoms with Crippen LogP contribution in [0.4, 0.5) is 5.69 Å². The number of fused-ring (bicyclic) bond motifs is 1. The summed E-state index contributed by atoms with van der Waals surface area (Å²) in [5.74, 6) is 0. The molecule has 1 heterocycles. The highest BCUT2D eigenvalue weighted by molar-refractivity contribution is 7.92. The van der Waals surface area contributed by atoms with Gasteiger partial charge in [0.15, 0.2) is 0 Å². The standard InChI is InChI=1S/C19H19N3O2S/c23-25(24,17-11-9-16(10-12-17)22-14-4-13-20-22)21-19-8-3-6-15-5-1-2-7-18(15)19/h3-4,6,8-14,21H,1-2,5,7H2. The van der Waals surface area contributed by atoms with E-state index in [0.29, 0.717) is 5.69 Å². The highest BCUT2D eigenvalue weighted by Crippen LogP contribution is 2.29. The van der Waals surface area contributed by atoms with E-state index in [1.165, 1.54) is 5.56 Å². The summed E-state index contributed by atoms with van der Waals surface area (Å²) in [6.07, 6.45) is 7.71. The molecule has 4 rings (SSSR count). The third-order valence-corrected chi connectivity index (χ3v) is 5.94. The molecule has 25 heavy (non-hydrogen) atoms. The fourth-order valence-corrected chi connectivity index (χ4v) is 4.37. The molecule has 1 aromatic heterocycles. The lowest BCUT2D eigenvalue weighted by Crippen LogP contribution is -2.16. The largest absolute Gasteiger partial charge is 0.279 e. The first-order valence-electron chi connectivity index (χ1n) is 8.37. The molecule has 128 valence electrons. The van der Waals surface area contributed by atoms with Crippen LogP contribution in [0, 0.1) is 0 Å². The van der Waals surface area contributed by atoms with Crippen molar-refractivity contribution >= 4 is 15.7 Å². The molecule has 3 aromatic rings. The van der Waals surface area contributed by atoms with E-state index < -0.39 is 10.0 Å². The van der Waals surface area contributed by atoms with Crippen molar-refractivity contribution in [2.24, 2.45) is 0 Å². The maximum atomic E-state index is 12.8. The topological polar surface area (TPSA) is 64.0 Å². The number of hydrogen-bond acceptors (Lipinski definition) is 3. The summed E-state index contributed by atoms with van der Waals surface area (Å²) in [4.78, 5) is 0.247. The lowest BCUT2D eigenvalue weighted by atomic mass is 9.91.